The highest BCUT2D eigenvalue weighted by molar-refractivity contribution is 6.11. The highest BCUT2D eigenvalue weighted by Gasteiger charge is 2.26. The molecule has 0 aromatic heterocycles. The lowest BCUT2D eigenvalue weighted by Crippen LogP contribution is -2.33. The van der Waals surface area contributed by atoms with Crippen molar-refractivity contribution in [3.8, 4) is 11.5 Å². The van der Waals surface area contributed by atoms with Gasteiger partial charge in [0.25, 0.3) is 0 Å². The van der Waals surface area contributed by atoms with Gasteiger partial charge in [0.1, 0.15) is 17.4 Å². The number of benzene rings is 2. The van der Waals surface area contributed by atoms with Crippen LogP contribution in [0.2, 0.25) is 0 Å². The quantitative estimate of drug-likeness (QED) is 0.562. The number of allylic oxidation sites excluding steroid dienone is 1. The van der Waals surface area contributed by atoms with Crippen LogP contribution in [0.4, 0.5) is 11.4 Å². The van der Waals surface area contributed by atoms with Crippen LogP contribution in [0.5, 0.6) is 11.5 Å². The molecular formula is C20H22N2O4. The van der Waals surface area contributed by atoms with Gasteiger partial charge < -0.3 is 20.1 Å². The van der Waals surface area contributed by atoms with Gasteiger partial charge in [-0.05, 0) is 30.7 Å². The van der Waals surface area contributed by atoms with E-state index >= 15 is 0 Å². The summed E-state index contributed by atoms with van der Waals surface area (Å²) < 4.78 is 10.4. The summed E-state index contributed by atoms with van der Waals surface area (Å²) in [6.07, 6.45) is 1.73. The van der Waals surface area contributed by atoms with Crippen molar-refractivity contribution in [3.05, 3.63) is 61.2 Å². The summed E-state index contributed by atoms with van der Waals surface area (Å²) in [5, 5.41) is 5.48. The average Bonchev–Trinajstić information content (AvgIpc) is 2.66. The molecule has 2 amide bonds. The van der Waals surface area contributed by atoms with Crippen molar-refractivity contribution in [2.24, 2.45) is 5.92 Å². The van der Waals surface area contributed by atoms with Gasteiger partial charge in [-0.2, -0.15) is 0 Å². The fourth-order valence-electron chi connectivity index (χ4n) is 2.44. The Morgan fingerprint density at radius 2 is 1.35 bits per heavy atom. The van der Waals surface area contributed by atoms with E-state index in [4.69, 9.17) is 9.47 Å². The Hall–Kier alpha value is -3.28. The summed E-state index contributed by atoms with van der Waals surface area (Å²) in [6.45, 7) is 3.64. The SMILES string of the molecule is C=CCC(C(=O)Nc1ccccc1OC)C(=O)Nc1ccccc1OC. The van der Waals surface area contributed by atoms with E-state index in [1.54, 1.807) is 48.5 Å². The molecule has 0 heterocycles. The van der Waals surface area contributed by atoms with Crippen molar-refractivity contribution in [3.63, 3.8) is 0 Å². The van der Waals surface area contributed by atoms with Crippen LogP contribution >= 0.6 is 0 Å². The van der Waals surface area contributed by atoms with Crippen LogP contribution < -0.4 is 20.1 Å². The second-order valence-corrected chi connectivity index (χ2v) is 5.46. The molecule has 26 heavy (non-hydrogen) atoms. The van der Waals surface area contributed by atoms with Crippen LogP contribution in [0, 0.1) is 5.92 Å². The molecule has 0 saturated heterocycles. The van der Waals surface area contributed by atoms with Crippen LogP contribution in [-0.4, -0.2) is 26.0 Å². The van der Waals surface area contributed by atoms with Gasteiger partial charge in [-0.3, -0.25) is 9.59 Å². The summed E-state index contributed by atoms with van der Waals surface area (Å²) in [5.74, 6) is -0.794. The molecule has 0 aliphatic carbocycles. The molecule has 0 unspecified atom stereocenters. The van der Waals surface area contributed by atoms with E-state index < -0.39 is 17.7 Å². The first kappa shape index (κ1) is 19.1. The summed E-state index contributed by atoms with van der Waals surface area (Å²) in [5.41, 5.74) is 0.998. The number of para-hydroxylation sites is 4. The topological polar surface area (TPSA) is 76.7 Å². The molecule has 0 saturated carbocycles. The van der Waals surface area contributed by atoms with Crippen LogP contribution in [0.15, 0.2) is 61.2 Å². The molecule has 6 heteroatoms. The minimum atomic E-state index is -0.942. The zero-order valence-electron chi connectivity index (χ0n) is 14.8. The molecule has 0 atom stereocenters. The molecule has 2 aromatic carbocycles. The number of carbonyl (C=O) groups is 2. The van der Waals surface area contributed by atoms with Crippen molar-refractivity contribution < 1.29 is 19.1 Å². The lowest BCUT2D eigenvalue weighted by atomic mass is 10.0. The first-order valence-corrected chi connectivity index (χ1v) is 8.09. The average molecular weight is 354 g/mol. The largest absolute Gasteiger partial charge is 0.495 e. The van der Waals surface area contributed by atoms with Gasteiger partial charge in [-0.15, -0.1) is 6.58 Å². The predicted molar refractivity (Wildman–Crippen MR) is 102 cm³/mol. The van der Waals surface area contributed by atoms with E-state index in [2.05, 4.69) is 17.2 Å². The summed E-state index contributed by atoms with van der Waals surface area (Å²) >= 11 is 0. The number of methoxy groups -OCH3 is 2. The van der Waals surface area contributed by atoms with Crippen molar-refractivity contribution in [2.75, 3.05) is 24.9 Å². The molecule has 0 radical (unpaired) electrons. The smallest absolute Gasteiger partial charge is 0.237 e. The van der Waals surface area contributed by atoms with Crippen molar-refractivity contribution >= 4 is 23.2 Å². The second kappa shape index (κ2) is 9.27. The van der Waals surface area contributed by atoms with Gasteiger partial charge in [0, 0.05) is 0 Å². The molecule has 6 nitrogen and oxygen atoms in total. The highest BCUT2D eigenvalue weighted by atomic mass is 16.5. The molecule has 2 aromatic rings. The molecule has 136 valence electrons. The standard InChI is InChI=1S/C20H22N2O4/c1-4-9-14(19(23)21-15-10-5-7-12-17(15)25-2)20(24)22-16-11-6-8-13-18(16)26-3/h4-8,10-14H,1,9H2,2-3H3,(H,21,23)(H,22,24). The highest BCUT2D eigenvalue weighted by Crippen LogP contribution is 2.26. The van der Waals surface area contributed by atoms with Crippen molar-refractivity contribution in [1.82, 2.24) is 0 Å². The Bertz CT molecular complexity index is 727. The van der Waals surface area contributed by atoms with Gasteiger partial charge >= 0.3 is 0 Å². The molecule has 0 aliphatic rings. The van der Waals surface area contributed by atoms with Gasteiger partial charge in [-0.1, -0.05) is 30.3 Å². The third-order valence-electron chi connectivity index (χ3n) is 3.77. The van der Waals surface area contributed by atoms with E-state index in [0.29, 0.717) is 22.9 Å². The maximum atomic E-state index is 12.7. The third-order valence-corrected chi connectivity index (χ3v) is 3.77. The van der Waals surface area contributed by atoms with E-state index in [1.165, 1.54) is 20.3 Å². The molecule has 0 aliphatic heterocycles. The maximum Gasteiger partial charge on any atom is 0.237 e. The van der Waals surface area contributed by atoms with Crippen LogP contribution in [0.25, 0.3) is 0 Å². The van der Waals surface area contributed by atoms with E-state index in [9.17, 15) is 9.59 Å². The third kappa shape index (κ3) is 4.63. The number of anilines is 2. The van der Waals surface area contributed by atoms with Crippen LogP contribution in [-0.2, 0) is 9.59 Å². The normalized spacial score (nSPS) is 10.1. The lowest BCUT2D eigenvalue weighted by molar-refractivity contribution is -0.129. The van der Waals surface area contributed by atoms with E-state index in [1.807, 2.05) is 0 Å². The zero-order valence-corrected chi connectivity index (χ0v) is 14.8. The Labute approximate surface area is 152 Å². The number of nitrogens with one attached hydrogen (secondary N) is 2. The number of hydrogen-bond acceptors (Lipinski definition) is 4. The van der Waals surface area contributed by atoms with E-state index in [0.717, 1.165) is 0 Å². The van der Waals surface area contributed by atoms with Gasteiger partial charge in [-0.25, -0.2) is 0 Å². The fraction of sp³-hybridized carbons (Fsp3) is 0.200. The number of carbonyl (C=O) groups excluding carboxylic acids is 2. The van der Waals surface area contributed by atoms with Gasteiger partial charge in [0.2, 0.25) is 11.8 Å². The first-order valence-electron chi connectivity index (χ1n) is 8.09. The Kier molecular flexibility index (Phi) is 6.79. The monoisotopic (exact) mass is 354 g/mol. The van der Waals surface area contributed by atoms with Crippen molar-refractivity contribution in [1.29, 1.82) is 0 Å². The van der Waals surface area contributed by atoms with Gasteiger partial charge in [0.15, 0.2) is 0 Å². The Morgan fingerprint density at radius 1 is 0.923 bits per heavy atom. The minimum Gasteiger partial charge on any atom is -0.495 e. The predicted octanol–water partition coefficient (Wildman–Crippen LogP) is 3.47. The number of amides is 2. The number of hydrogen-bond donors (Lipinski definition) is 2. The Morgan fingerprint density at radius 3 is 1.73 bits per heavy atom. The summed E-state index contributed by atoms with van der Waals surface area (Å²) in [6, 6.07) is 14.0. The first-order chi connectivity index (χ1) is 12.6. The lowest BCUT2D eigenvalue weighted by Gasteiger charge is -2.17. The fourth-order valence-corrected chi connectivity index (χ4v) is 2.44. The Balaban J connectivity index is 2.17. The summed E-state index contributed by atoms with van der Waals surface area (Å²) in [4.78, 5) is 25.3. The van der Waals surface area contributed by atoms with Crippen LogP contribution in [0.3, 0.4) is 0 Å². The van der Waals surface area contributed by atoms with Gasteiger partial charge in [0.05, 0.1) is 25.6 Å². The maximum absolute atomic E-state index is 12.7. The van der Waals surface area contributed by atoms with Crippen molar-refractivity contribution in [2.45, 2.75) is 6.42 Å². The van der Waals surface area contributed by atoms with Crippen LogP contribution in [0.1, 0.15) is 6.42 Å². The van der Waals surface area contributed by atoms with E-state index in [-0.39, 0.29) is 6.42 Å². The second-order valence-electron chi connectivity index (χ2n) is 5.46. The molecule has 2 rings (SSSR count). The zero-order chi connectivity index (χ0) is 18.9. The molecule has 2 N–H and O–H groups in total. The molecule has 0 spiro atoms. The molecule has 0 bridgehead atoms. The molecular weight excluding hydrogens is 332 g/mol. The minimum absolute atomic E-state index is 0.196. The number of rotatable bonds is 8. The summed E-state index contributed by atoms with van der Waals surface area (Å²) in [7, 11) is 3.03. The number of ether oxygens (including phenoxy) is 2. The molecule has 0 fully saturated rings.